The zero-order chi connectivity index (χ0) is 14.9. The summed E-state index contributed by atoms with van der Waals surface area (Å²) in [5, 5.41) is 0.734. The molecule has 0 aliphatic carbocycles. The first kappa shape index (κ1) is 15.5. The van der Waals surface area contributed by atoms with Gasteiger partial charge in [0.15, 0.2) is 5.12 Å². The number of anilines is 2. The van der Waals surface area contributed by atoms with Crippen LogP contribution in [0.25, 0.3) is 0 Å². The number of thioether (sulfide) groups is 1. The summed E-state index contributed by atoms with van der Waals surface area (Å²) in [4.78, 5) is 24.7. The van der Waals surface area contributed by atoms with Crippen LogP contribution in [0.1, 0.15) is 13.3 Å². The molecular formula is C13H14Cl2N2O2S. The molecule has 1 fully saturated rings. The van der Waals surface area contributed by atoms with Crippen molar-refractivity contribution in [3.8, 4) is 0 Å². The van der Waals surface area contributed by atoms with Crippen molar-refractivity contribution in [2.24, 2.45) is 5.92 Å². The highest BCUT2D eigenvalue weighted by Crippen LogP contribution is 2.35. The molecule has 1 aliphatic heterocycles. The van der Waals surface area contributed by atoms with Crippen LogP contribution >= 0.6 is 35.0 Å². The van der Waals surface area contributed by atoms with E-state index in [-0.39, 0.29) is 16.9 Å². The molecule has 1 heterocycles. The quantitative estimate of drug-likeness (QED) is 0.863. The molecule has 7 heteroatoms. The van der Waals surface area contributed by atoms with E-state index in [0.717, 1.165) is 0 Å². The maximum absolute atomic E-state index is 12.1. The predicted molar refractivity (Wildman–Crippen MR) is 84.5 cm³/mol. The minimum absolute atomic E-state index is 0.0102. The Morgan fingerprint density at radius 1 is 1.45 bits per heavy atom. The second-order valence-electron chi connectivity index (χ2n) is 4.70. The monoisotopic (exact) mass is 332 g/mol. The predicted octanol–water partition coefficient (Wildman–Crippen LogP) is 3.21. The lowest BCUT2D eigenvalue weighted by molar-refractivity contribution is -0.117. The molecule has 20 heavy (non-hydrogen) atoms. The highest BCUT2D eigenvalue weighted by molar-refractivity contribution is 8.13. The fourth-order valence-corrected chi connectivity index (χ4v) is 3.27. The van der Waals surface area contributed by atoms with Gasteiger partial charge in [0.05, 0.1) is 15.7 Å². The van der Waals surface area contributed by atoms with Gasteiger partial charge in [-0.25, -0.2) is 0 Å². The molecule has 0 saturated carbocycles. The van der Waals surface area contributed by atoms with E-state index in [9.17, 15) is 9.59 Å². The lowest BCUT2D eigenvalue weighted by Crippen LogP contribution is -2.24. The minimum atomic E-state index is 0.0102. The summed E-state index contributed by atoms with van der Waals surface area (Å²) < 4.78 is 0. The van der Waals surface area contributed by atoms with Crippen LogP contribution in [0.4, 0.5) is 11.4 Å². The van der Waals surface area contributed by atoms with Crippen LogP contribution in [0.15, 0.2) is 12.1 Å². The summed E-state index contributed by atoms with van der Waals surface area (Å²) in [7, 11) is 0. The summed E-state index contributed by atoms with van der Waals surface area (Å²) in [6.45, 7) is 2.09. The number of amides is 1. The van der Waals surface area contributed by atoms with Crippen LogP contribution in [-0.2, 0) is 9.59 Å². The number of hydrogen-bond donors (Lipinski definition) is 1. The van der Waals surface area contributed by atoms with Gasteiger partial charge in [0, 0.05) is 31.3 Å². The van der Waals surface area contributed by atoms with Crippen LogP contribution in [0, 0.1) is 5.92 Å². The number of nitrogens with zero attached hydrogens (tertiary/aromatic N) is 1. The molecule has 1 atom stereocenters. The Balaban J connectivity index is 2.14. The smallest absolute Gasteiger partial charge is 0.227 e. The summed E-state index contributed by atoms with van der Waals surface area (Å²) in [6, 6.07) is 3.28. The maximum atomic E-state index is 12.1. The third kappa shape index (κ3) is 3.40. The van der Waals surface area contributed by atoms with Gasteiger partial charge in [-0.15, -0.1) is 0 Å². The molecule has 0 spiro atoms. The van der Waals surface area contributed by atoms with Gasteiger partial charge in [0.1, 0.15) is 0 Å². The van der Waals surface area contributed by atoms with Gasteiger partial charge in [0.25, 0.3) is 0 Å². The Morgan fingerprint density at radius 3 is 2.60 bits per heavy atom. The van der Waals surface area contributed by atoms with Crippen molar-refractivity contribution in [3.05, 3.63) is 22.2 Å². The molecule has 0 bridgehead atoms. The molecule has 2 rings (SSSR count). The summed E-state index contributed by atoms with van der Waals surface area (Å²) in [6.07, 6.45) is 0.430. The van der Waals surface area contributed by atoms with Gasteiger partial charge < -0.3 is 10.6 Å². The summed E-state index contributed by atoms with van der Waals surface area (Å²) >= 11 is 13.2. The van der Waals surface area contributed by atoms with Gasteiger partial charge in [0.2, 0.25) is 5.91 Å². The number of nitrogens with two attached hydrogens (primary N) is 1. The van der Waals surface area contributed by atoms with Crippen molar-refractivity contribution in [1.29, 1.82) is 0 Å². The lowest BCUT2D eigenvalue weighted by atomic mass is 10.1. The molecule has 1 aliphatic rings. The topological polar surface area (TPSA) is 63.4 Å². The van der Waals surface area contributed by atoms with E-state index in [4.69, 9.17) is 28.9 Å². The zero-order valence-electron chi connectivity index (χ0n) is 10.9. The summed E-state index contributed by atoms with van der Waals surface area (Å²) in [5.74, 6) is 0.816. The average Bonchev–Trinajstić information content (AvgIpc) is 2.74. The lowest BCUT2D eigenvalue weighted by Gasteiger charge is -2.18. The Kier molecular flexibility index (Phi) is 4.83. The van der Waals surface area contributed by atoms with Gasteiger partial charge >= 0.3 is 0 Å². The fraction of sp³-hybridized carbons (Fsp3) is 0.385. The maximum Gasteiger partial charge on any atom is 0.227 e. The molecule has 4 nitrogen and oxygen atoms in total. The van der Waals surface area contributed by atoms with Crippen LogP contribution in [0.5, 0.6) is 0 Å². The average molecular weight is 333 g/mol. The van der Waals surface area contributed by atoms with Gasteiger partial charge in [-0.1, -0.05) is 35.0 Å². The van der Waals surface area contributed by atoms with Crippen molar-refractivity contribution in [2.75, 3.05) is 22.9 Å². The van der Waals surface area contributed by atoms with E-state index < -0.39 is 0 Å². The molecule has 108 valence electrons. The third-order valence-electron chi connectivity index (χ3n) is 3.10. The van der Waals surface area contributed by atoms with Crippen molar-refractivity contribution in [2.45, 2.75) is 13.3 Å². The first-order valence-corrected chi connectivity index (χ1v) is 7.81. The number of benzene rings is 1. The van der Waals surface area contributed by atoms with Crippen LogP contribution in [0.2, 0.25) is 10.0 Å². The van der Waals surface area contributed by atoms with Crippen molar-refractivity contribution >= 4 is 57.4 Å². The second kappa shape index (κ2) is 6.24. The van der Waals surface area contributed by atoms with Gasteiger partial charge in [-0.2, -0.15) is 0 Å². The highest BCUT2D eigenvalue weighted by atomic mass is 35.5. The standard InChI is InChI=1S/C13H14Cl2N2O2S/c1-7(18)20-6-8-2-12(19)17(5-8)9-3-10(14)13(16)11(15)4-9/h3-4,8H,2,5-6,16H2,1H3. The zero-order valence-corrected chi connectivity index (χ0v) is 13.2. The highest BCUT2D eigenvalue weighted by Gasteiger charge is 2.31. The number of hydrogen-bond acceptors (Lipinski definition) is 4. The Morgan fingerprint density at radius 2 is 2.05 bits per heavy atom. The number of halogens is 2. The molecule has 1 saturated heterocycles. The SMILES string of the molecule is CC(=O)SCC1CC(=O)N(c2cc(Cl)c(N)c(Cl)c2)C1. The molecule has 0 radical (unpaired) electrons. The Hall–Kier alpha value is -0.910. The molecule has 0 aromatic heterocycles. The normalized spacial score (nSPS) is 18.6. The van der Waals surface area contributed by atoms with Crippen molar-refractivity contribution in [3.63, 3.8) is 0 Å². The van der Waals surface area contributed by atoms with E-state index >= 15 is 0 Å². The van der Waals surface area contributed by atoms with Crippen LogP contribution in [0.3, 0.4) is 0 Å². The third-order valence-corrected chi connectivity index (χ3v) is 4.77. The number of carbonyl (C=O) groups is 2. The molecule has 1 unspecified atom stereocenters. The fourth-order valence-electron chi connectivity index (χ4n) is 2.10. The van der Waals surface area contributed by atoms with Gasteiger partial charge in [-0.3, -0.25) is 9.59 Å². The van der Waals surface area contributed by atoms with E-state index in [0.29, 0.717) is 40.1 Å². The summed E-state index contributed by atoms with van der Waals surface area (Å²) in [5.41, 5.74) is 6.64. The molecule has 1 amide bonds. The van der Waals surface area contributed by atoms with Gasteiger partial charge in [-0.05, 0) is 18.1 Å². The van der Waals surface area contributed by atoms with E-state index in [1.807, 2.05) is 0 Å². The van der Waals surface area contributed by atoms with Crippen molar-refractivity contribution in [1.82, 2.24) is 0 Å². The second-order valence-corrected chi connectivity index (χ2v) is 6.71. The van der Waals surface area contributed by atoms with Crippen LogP contribution < -0.4 is 10.6 Å². The molecule has 1 aromatic rings. The van der Waals surface area contributed by atoms with E-state index in [1.54, 1.807) is 17.0 Å². The van der Waals surface area contributed by atoms with E-state index in [1.165, 1.54) is 18.7 Å². The first-order valence-electron chi connectivity index (χ1n) is 6.06. The molecular weight excluding hydrogens is 319 g/mol. The molecule has 1 aromatic carbocycles. The Bertz CT molecular complexity index is 542. The van der Waals surface area contributed by atoms with Crippen LogP contribution in [-0.4, -0.2) is 23.3 Å². The first-order chi connectivity index (χ1) is 9.38. The number of nitrogen functional groups attached to an aromatic ring is 1. The number of carbonyl (C=O) groups excluding carboxylic acids is 2. The largest absolute Gasteiger partial charge is 0.396 e. The number of rotatable bonds is 3. The molecule has 2 N–H and O–H groups in total. The minimum Gasteiger partial charge on any atom is -0.396 e. The van der Waals surface area contributed by atoms with E-state index in [2.05, 4.69) is 0 Å². The Labute approximate surface area is 131 Å². The van der Waals surface area contributed by atoms with Crippen molar-refractivity contribution < 1.29 is 9.59 Å².